The Morgan fingerprint density at radius 3 is 2.62 bits per heavy atom. The fraction of sp³-hybridized carbons (Fsp3) is 0.400. The molecule has 1 amide bonds. The molecule has 0 saturated heterocycles. The molecule has 12 heteroatoms. The van der Waals surface area contributed by atoms with Gasteiger partial charge in [0, 0.05) is 29.9 Å². The molecule has 0 aliphatic heterocycles. The van der Waals surface area contributed by atoms with Crippen LogP contribution in [-0.2, 0) is 11.2 Å². The number of fused-ring (bicyclic) bond motifs is 1. The quantitative estimate of drug-likeness (QED) is 0.259. The normalized spacial score (nSPS) is 12.1. The average Bonchev–Trinajstić information content (AvgIpc) is 3.58. The van der Waals surface area contributed by atoms with E-state index in [0.29, 0.717) is 59.8 Å². The Morgan fingerprint density at radius 1 is 1.22 bits per heavy atom. The number of hydrogen-bond acceptors (Lipinski definition) is 9. The molecule has 0 aliphatic carbocycles. The van der Waals surface area contributed by atoms with Crippen LogP contribution in [0.1, 0.15) is 56.1 Å². The maximum Gasteiger partial charge on any atom is 0.248 e. The van der Waals surface area contributed by atoms with Crippen LogP contribution in [0.5, 0.6) is 0 Å². The number of nitrogens with zero attached hydrogens (tertiary/aromatic N) is 7. The molecule has 0 saturated carbocycles. The van der Waals surface area contributed by atoms with E-state index >= 15 is 0 Å². The van der Waals surface area contributed by atoms with Crippen LogP contribution in [-0.4, -0.2) is 75.7 Å². The molecule has 0 fully saturated rings. The highest BCUT2D eigenvalue weighted by molar-refractivity contribution is 6.00. The number of anilines is 1. The highest BCUT2D eigenvalue weighted by atomic mass is 16.3. The van der Waals surface area contributed by atoms with Gasteiger partial charge in [-0.25, -0.2) is 9.97 Å². The van der Waals surface area contributed by atoms with Crippen LogP contribution < -0.4 is 5.73 Å². The summed E-state index contributed by atoms with van der Waals surface area (Å²) in [6.07, 6.45) is 7.31. The topological polar surface area (TPSA) is 168 Å². The molecule has 4 N–H and O–H groups in total. The highest BCUT2D eigenvalue weighted by Gasteiger charge is 2.24. The number of aromatic amines is 1. The summed E-state index contributed by atoms with van der Waals surface area (Å²) in [5.74, 6) is 0.197. The van der Waals surface area contributed by atoms with Crippen molar-refractivity contribution in [1.29, 1.82) is 0 Å². The number of Topliss-reactive ketones (excluding diaryl/α,β-unsaturated/α-hetero) is 1. The number of amides is 1. The molecule has 0 radical (unpaired) electrons. The van der Waals surface area contributed by atoms with Gasteiger partial charge in [0.15, 0.2) is 17.3 Å². The van der Waals surface area contributed by atoms with Gasteiger partial charge in [0.1, 0.15) is 24.4 Å². The van der Waals surface area contributed by atoms with Gasteiger partial charge in [-0.15, -0.1) is 0 Å². The van der Waals surface area contributed by atoms with E-state index in [2.05, 4.69) is 25.3 Å². The van der Waals surface area contributed by atoms with Crippen molar-refractivity contribution in [3.63, 3.8) is 0 Å². The predicted octanol–water partition coefficient (Wildman–Crippen LogP) is 2.30. The number of carbonyl (C=O) groups is 2. The Labute approximate surface area is 214 Å². The number of aryl methyl sites for hydroxylation is 1. The van der Waals surface area contributed by atoms with E-state index in [0.717, 1.165) is 12.0 Å². The predicted molar refractivity (Wildman–Crippen MR) is 138 cm³/mol. The molecule has 12 nitrogen and oxygen atoms in total. The van der Waals surface area contributed by atoms with Crippen LogP contribution in [0.15, 0.2) is 30.9 Å². The maximum absolute atomic E-state index is 12.6. The number of H-pyrrole nitrogens is 1. The summed E-state index contributed by atoms with van der Waals surface area (Å²) in [5, 5.41) is 20.5. The zero-order chi connectivity index (χ0) is 26.5. The lowest BCUT2D eigenvalue weighted by atomic mass is 10.0. The number of aliphatic hydroxyl groups excluding tert-OH is 1. The Bertz CT molecular complexity index is 1380. The highest BCUT2D eigenvalue weighted by Crippen LogP contribution is 2.29. The van der Waals surface area contributed by atoms with Crippen LogP contribution in [0, 0.1) is 0 Å². The van der Waals surface area contributed by atoms with E-state index in [1.165, 1.54) is 17.8 Å². The van der Waals surface area contributed by atoms with Crippen molar-refractivity contribution in [1.82, 2.24) is 39.7 Å². The molecule has 0 bridgehead atoms. The molecule has 4 aromatic heterocycles. The van der Waals surface area contributed by atoms with Crippen LogP contribution in [0.2, 0.25) is 0 Å². The third-order valence-corrected chi connectivity index (χ3v) is 6.37. The van der Waals surface area contributed by atoms with Crippen molar-refractivity contribution in [3.8, 4) is 22.6 Å². The second-order valence-corrected chi connectivity index (χ2v) is 8.77. The molecule has 0 spiro atoms. The summed E-state index contributed by atoms with van der Waals surface area (Å²) >= 11 is 0. The van der Waals surface area contributed by atoms with E-state index in [1.54, 1.807) is 17.3 Å². The molecule has 4 aromatic rings. The van der Waals surface area contributed by atoms with Crippen LogP contribution in [0.25, 0.3) is 28.3 Å². The van der Waals surface area contributed by atoms with E-state index in [1.807, 2.05) is 26.0 Å². The summed E-state index contributed by atoms with van der Waals surface area (Å²) in [4.78, 5) is 40.0. The van der Waals surface area contributed by atoms with E-state index < -0.39 is 6.61 Å². The van der Waals surface area contributed by atoms with Gasteiger partial charge in [-0.2, -0.15) is 14.7 Å². The second kappa shape index (κ2) is 11.2. The number of ketones is 1. The SMILES string of the molecule is CCCN(C(=O)CO)[C@H](CC)CCc1nc2c(-c3ccc(-c4nc[nH]n4)nc3)cnn2c(N)c1C(C)=O. The summed E-state index contributed by atoms with van der Waals surface area (Å²) in [6.45, 7) is 5.46. The lowest BCUT2D eigenvalue weighted by Gasteiger charge is -2.30. The van der Waals surface area contributed by atoms with Crippen LogP contribution in [0.3, 0.4) is 0 Å². The minimum absolute atomic E-state index is 0.101. The van der Waals surface area contributed by atoms with Crippen LogP contribution in [0.4, 0.5) is 5.82 Å². The van der Waals surface area contributed by atoms with Crippen molar-refractivity contribution < 1.29 is 14.7 Å². The number of pyridine rings is 1. The number of hydrogen-bond donors (Lipinski definition) is 3. The van der Waals surface area contributed by atoms with Gasteiger partial charge in [-0.3, -0.25) is 19.7 Å². The van der Waals surface area contributed by atoms with Crippen molar-refractivity contribution >= 4 is 23.2 Å². The number of aromatic nitrogens is 7. The van der Waals surface area contributed by atoms with E-state index in [-0.39, 0.29) is 23.6 Å². The second-order valence-electron chi connectivity index (χ2n) is 8.77. The number of aliphatic hydroxyl groups is 1. The Balaban J connectivity index is 1.70. The molecule has 4 heterocycles. The van der Waals surface area contributed by atoms with E-state index in [4.69, 9.17) is 10.7 Å². The van der Waals surface area contributed by atoms with Gasteiger partial charge in [0.25, 0.3) is 0 Å². The number of nitrogens with two attached hydrogens (primary N) is 1. The first-order valence-corrected chi connectivity index (χ1v) is 12.3. The zero-order valence-electron chi connectivity index (χ0n) is 21.2. The first kappa shape index (κ1) is 25.9. The third-order valence-electron chi connectivity index (χ3n) is 6.37. The Kier molecular flexibility index (Phi) is 7.87. The first-order valence-electron chi connectivity index (χ1n) is 12.3. The van der Waals surface area contributed by atoms with Gasteiger partial charge in [-0.1, -0.05) is 19.9 Å². The monoisotopic (exact) mass is 505 g/mol. The molecule has 37 heavy (non-hydrogen) atoms. The summed E-state index contributed by atoms with van der Waals surface area (Å²) in [7, 11) is 0. The summed E-state index contributed by atoms with van der Waals surface area (Å²) in [6, 6.07) is 3.58. The lowest BCUT2D eigenvalue weighted by Crippen LogP contribution is -2.42. The maximum atomic E-state index is 12.6. The van der Waals surface area contributed by atoms with Gasteiger partial charge in [-0.05, 0) is 38.7 Å². The molecular weight excluding hydrogens is 474 g/mol. The molecule has 194 valence electrons. The third kappa shape index (κ3) is 5.19. The number of nitrogen functional groups attached to an aromatic ring is 1. The van der Waals surface area contributed by atoms with Gasteiger partial charge in [0.05, 0.1) is 17.5 Å². The van der Waals surface area contributed by atoms with Gasteiger partial charge >= 0.3 is 0 Å². The van der Waals surface area contributed by atoms with Gasteiger partial charge < -0.3 is 15.7 Å². The minimum Gasteiger partial charge on any atom is -0.387 e. The Morgan fingerprint density at radius 2 is 2.03 bits per heavy atom. The molecule has 0 aromatic carbocycles. The number of carbonyl (C=O) groups excluding carboxylic acids is 2. The number of rotatable bonds is 11. The fourth-order valence-electron chi connectivity index (χ4n) is 4.58. The largest absolute Gasteiger partial charge is 0.387 e. The molecular formula is C25H31N9O3. The van der Waals surface area contributed by atoms with Gasteiger partial charge in [0.2, 0.25) is 5.91 Å². The fourth-order valence-corrected chi connectivity index (χ4v) is 4.58. The Hall–Kier alpha value is -4.19. The molecule has 0 aliphatic rings. The van der Waals surface area contributed by atoms with Crippen molar-refractivity contribution in [3.05, 3.63) is 42.1 Å². The first-order chi connectivity index (χ1) is 17.9. The van der Waals surface area contributed by atoms with Crippen molar-refractivity contribution in [2.75, 3.05) is 18.9 Å². The molecule has 4 rings (SSSR count). The number of nitrogens with one attached hydrogen (secondary N) is 1. The molecule has 1 atom stereocenters. The van der Waals surface area contributed by atoms with Crippen LogP contribution >= 0.6 is 0 Å². The average molecular weight is 506 g/mol. The van der Waals surface area contributed by atoms with E-state index in [9.17, 15) is 14.7 Å². The standard InChI is InChI=1S/C25H31N9O3/c1-4-10-33(21(37)13-35)17(5-2)7-9-19-22(15(3)36)23(26)34-25(31-19)18(12-30-34)16-6-8-20(27-11-16)24-28-14-29-32-24/h6,8,11-12,14,17,35H,4-5,7,9-10,13,26H2,1-3H3,(H,28,29,32)/t17-/m1/s1. The van der Waals surface area contributed by atoms with Crippen molar-refractivity contribution in [2.24, 2.45) is 0 Å². The summed E-state index contributed by atoms with van der Waals surface area (Å²) < 4.78 is 1.47. The smallest absolute Gasteiger partial charge is 0.248 e. The minimum atomic E-state index is -0.533. The molecule has 0 unspecified atom stereocenters. The lowest BCUT2D eigenvalue weighted by molar-refractivity contribution is -0.136. The zero-order valence-corrected chi connectivity index (χ0v) is 21.2. The van der Waals surface area contributed by atoms with Crippen molar-refractivity contribution in [2.45, 2.75) is 52.5 Å². The summed E-state index contributed by atoms with van der Waals surface area (Å²) in [5.41, 5.74) is 9.92.